The minimum absolute atomic E-state index is 0.449. The van der Waals surface area contributed by atoms with Crippen molar-refractivity contribution in [3.8, 4) is 11.4 Å². The van der Waals surface area contributed by atoms with Crippen molar-refractivity contribution >= 4 is 11.4 Å². The largest absolute Gasteiger partial charge is 0.397 e. The van der Waals surface area contributed by atoms with Crippen molar-refractivity contribution in [3.63, 3.8) is 0 Å². The SMILES string of the molecule is Nc1cccc(-c2nn[nH]n2)c1N. The first-order valence-corrected chi connectivity index (χ1v) is 3.67. The van der Waals surface area contributed by atoms with Crippen molar-refractivity contribution in [2.45, 2.75) is 0 Å². The van der Waals surface area contributed by atoms with E-state index in [0.29, 0.717) is 22.8 Å². The summed E-state index contributed by atoms with van der Waals surface area (Å²) in [4.78, 5) is 0. The number of nitrogens with two attached hydrogens (primary N) is 2. The molecule has 1 heterocycles. The predicted molar refractivity (Wildman–Crippen MR) is 48.4 cm³/mol. The fourth-order valence-electron chi connectivity index (χ4n) is 1.05. The number of rotatable bonds is 1. The maximum Gasteiger partial charge on any atom is 0.206 e. The number of aromatic amines is 1. The molecule has 0 fully saturated rings. The molecule has 2 aromatic rings. The summed E-state index contributed by atoms with van der Waals surface area (Å²) < 4.78 is 0. The smallest absolute Gasteiger partial charge is 0.206 e. The van der Waals surface area contributed by atoms with Gasteiger partial charge in [0.15, 0.2) is 0 Å². The Labute approximate surface area is 73.9 Å². The van der Waals surface area contributed by atoms with Gasteiger partial charge in [-0.2, -0.15) is 5.21 Å². The van der Waals surface area contributed by atoms with Gasteiger partial charge < -0.3 is 11.5 Å². The van der Waals surface area contributed by atoms with Crippen LogP contribution in [0.15, 0.2) is 18.2 Å². The molecule has 0 radical (unpaired) electrons. The van der Waals surface area contributed by atoms with E-state index >= 15 is 0 Å². The summed E-state index contributed by atoms with van der Waals surface area (Å²) >= 11 is 0. The zero-order chi connectivity index (χ0) is 9.26. The highest BCUT2D eigenvalue weighted by Crippen LogP contribution is 2.26. The second-order valence-corrected chi connectivity index (χ2v) is 2.54. The van der Waals surface area contributed by atoms with Crippen LogP contribution in [-0.4, -0.2) is 20.6 Å². The molecule has 13 heavy (non-hydrogen) atoms. The van der Waals surface area contributed by atoms with Gasteiger partial charge in [-0.25, -0.2) is 0 Å². The molecule has 2 rings (SSSR count). The maximum absolute atomic E-state index is 5.73. The van der Waals surface area contributed by atoms with Crippen LogP contribution in [0.25, 0.3) is 11.4 Å². The molecule has 0 spiro atoms. The van der Waals surface area contributed by atoms with Crippen LogP contribution in [-0.2, 0) is 0 Å². The number of nitrogens with zero attached hydrogens (tertiary/aromatic N) is 3. The van der Waals surface area contributed by atoms with E-state index in [1.165, 1.54) is 0 Å². The summed E-state index contributed by atoms with van der Waals surface area (Å²) in [6.45, 7) is 0. The fourth-order valence-corrected chi connectivity index (χ4v) is 1.05. The summed E-state index contributed by atoms with van der Waals surface area (Å²) in [5.74, 6) is 0.449. The number of nitrogens with one attached hydrogen (secondary N) is 1. The molecular weight excluding hydrogens is 168 g/mol. The van der Waals surface area contributed by atoms with E-state index in [9.17, 15) is 0 Å². The molecular formula is C7H8N6. The van der Waals surface area contributed by atoms with Gasteiger partial charge in [-0.15, -0.1) is 10.2 Å². The molecule has 6 heteroatoms. The van der Waals surface area contributed by atoms with Crippen LogP contribution in [0.2, 0.25) is 0 Å². The average Bonchev–Trinajstić information content (AvgIpc) is 2.62. The lowest BCUT2D eigenvalue weighted by atomic mass is 10.1. The standard InChI is InChI=1S/C7H8N6/c8-5-3-1-2-4(6(5)9)7-10-12-13-11-7/h1-3H,8-9H2,(H,10,11,12,13). The van der Waals surface area contributed by atoms with Crippen LogP contribution in [0, 0.1) is 0 Å². The first kappa shape index (κ1) is 7.53. The lowest BCUT2D eigenvalue weighted by Crippen LogP contribution is -1.97. The molecule has 0 bridgehead atoms. The monoisotopic (exact) mass is 176 g/mol. The minimum atomic E-state index is 0.449. The molecule has 0 aliphatic heterocycles. The highest BCUT2D eigenvalue weighted by molar-refractivity contribution is 5.80. The van der Waals surface area contributed by atoms with Crippen molar-refractivity contribution in [1.29, 1.82) is 0 Å². The van der Waals surface area contributed by atoms with Gasteiger partial charge in [0.2, 0.25) is 5.82 Å². The van der Waals surface area contributed by atoms with Crippen molar-refractivity contribution in [3.05, 3.63) is 18.2 Å². The van der Waals surface area contributed by atoms with Gasteiger partial charge in [-0.05, 0) is 17.3 Å². The van der Waals surface area contributed by atoms with E-state index in [0.717, 1.165) is 0 Å². The summed E-state index contributed by atoms with van der Waals surface area (Å²) in [6, 6.07) is 5.30. The van der Waals surface area contributed by atoms with E-state index < -0.39 is 0 Å². The van der Waals surface area contributed by atoms with Crippen molar-refractivity contribution < 1.29 is 0 Å². The zero-order valence-electron chi connectivity index (χ0n) is 6.73. The average molecular weight is 176 g/mol. The van der Waals surface area contributed by atoms with Gasteiger partial charge in [0.1, 0.15) is 0 Å². The third-order valence-corrected chi connectivity index (χ3v) is 1.73. The Hall–Kier alpha value is -2.11. The Kier molecular flexibility index (Phi) is 1.59. The van der Waals surface area contributed by atoms with Gasteiger partial charge in [-0.1, -0.05) is 6.07 Å². The Morgan fingerprint density at radius 3 is 2.77 bits per heavy atom. The quantitative estimate of drug-likeness (QED) is 0.531. The number of anilines is 2. The molecule has 0 amide bonds. The topological polar surface area (TPSA) is 106 Å². The van der Waals surface area contributed by atoms with E-state index in [-0.39, 0.29) is 0 Å². The fraction of sp³-hybridized carbons (Fsp3) is 0. The molecule has 1 aromatic heterocycles. The number of hydrogen-bond donors (Lipinski definition) is 3. The molecule has 6 nitrogen and oxygen atoms in total. The molecule has 1 aromatic carbocycles. The minimum Gasteiger partial charge on any atom is -0.397 e. The number of nitrogen functional groups attached to an aromatic ring is 2. The molecule has 0 saturated heterocycles. The van der Waals surface area contributed by atoms with Gasteiger partial charge in [0.25, 0.3) is 0 Å². The van der Waals surface area contributed by atoms with Crippen molar-refractivity contribution in [2.24, 2.45) is 0 Å². The second kappa shape index (κ2) is 2.74. The van der Waals surface area contributed by atoms with Gasteiger partial charge in [0, 0.05) is 5.56 Å². The molecule has 0 saturated carbocycles. The first-order valence-electron chi connectivity index (χ1n) is 3.67. The summed E-state index contributed by atoms with van der Waals surface area (Å²) in [7, 11) is 0. The molecule has 0 aliphatic rings. The highest BCUT2D eigenvalue weighted by Gasteiger charge is 2.07. The number of para-hydroxylation sites is 1. The lowest BCUT2D eigenvalue weighted by Gasteiger charge is -2.02. The molecule has 66 valence electrons. The predicted octanol–water partition coefficient (Wildman–Crippen LogP) is 0.0311. The summed E-state index contributed by atoms with van der Waals surface area (Å²) in [5.41, 5.74) is 13.0. The molecule has 0 atom stereocenters. The number of aromatic nitrogens is 4. The van der Waals surface area contributed by atoms with Crippen molar-refractivity contribution in [1.82, 2.24) is 20.6 Å². The number of benzene rings is 1. The van der Waals surface area contributed by atoms with Crippen LogP contribution in [0.3, 0.4) is 0 Å². The van der Waals surface area contributed by atoms with Crippen LogP contribution >= 0.6 is 0 Å². The van der Waals surface area contributed by atoms with Crippen LogP contribution in [0.4, 0.5) is 11.4 Å². The normalized spacial score (nSPS) is 10.2. The number of H-pyrrole nitrogens is 1. The molecule has 0 unspecified atom stereocenters. The third-order valence-electron chi connectivity index (χ3n) is 1.73. The maximum atomic E-state index is 5.73. The molecule has 5 N–H and O–H groups in total. The van der Waals surface area contributed by atoms with E-state index in [1.54, 1.807) is 18.2 Å². The summed E-state index contributed by atoms with van der Waals surface area (Å²) in [6.07, 6.45) is 0. The molecule has 0 aliphatic carbocycles. The first-order chi connectivity index (χ1) is 6.29. The summed E-state index contributed by atoms with van der Waals surface area (Å²) in [5, 5.41) is 13.4. The van der Waals surface area contributed by atoms with Crippen molar-refractivity contribution in [2.75, 3.05) is 11.5 Å². The van der Waals surface area contributed by atoms with Gasteiger partial charge in [0.05, 0.1) is 11.4 Å². The Morgan fingerprint density at radius 2 is 2.08 bits per heavy atom. The Bertz CT molecular complexity index is 407. The second-order valence-electron chi connectivity index (χ2n) is 2.54. The van der Waals surface area contributed by atoms with Crippen LogP contribution in [0.1, 0.15) is 0 Å². The lowest BCUT2D eigenvalue weighted by molar-refractivity contribution is 0.881. The zero-order valence-corrected chi connectivity index (χ0v) is 6.73. The van der Waals surface area contributed by atoms with E-state index in [2.05, 4.69) is 20.6 Å². The van der Waals surface area contributed by atoms with Crippen LogP contribution in [0.5, 0.6) is 0 Å². The van der Waals surface area contributed by atoms with E-state index in [4.69, 9.17) is 11.5 Å². The number of tetrazole rings is 1. The Morgan fingerprint density at radius 1 is 1.23 bits per heavy atom. The highest BCUT2D eigenvalue weighted by atomic mass is 15.5. The van der Waals surface area contributed by atoms with Gasteiger partial charge >= 0.3 is 0 Å². The Balaban J connectivity index is 2.59. The van der Waals surface area contributed by atoms with E-state index in [1.807, 2.05) is 0 Å². The number of hydrogen-bond acceptors (Lipinski definition) is 5. The van der Waals surface area contributed by atoms with Crippen LogP contribution < -0.4 is 11.5 Å². The van der Waals surface area contributed by atoms with Gasteiger partial charge in [-0.3, -0.25) is 0 Å². The third kappa shape index (κ3) is 1.18.